The Bertz CT molecular complexity index is 1480. The van der Waals surface area contributed by atoms with Crippen LogP contribution in [0.4, 0.5) is 18.9 Å². The third-order valence-corrected chi connectivity index (χ3v) is 7.23. The molecule has 1 amide bonds. The zero-order valence-electron chi connectivity index (χ0n) is 20.6. The first kappa shape index (κ1) is 27.0. The molecule has 3 aromatic rings. The van der Waals surface area contributed by atoms with Crippen molar-refractivity contribution >= 4 is 27.4 Å². The average molecular weight is 572 g/mol. The molecule has 0 saturated carbocycles. The summed E-state index contributed by atoms with van der Waals surface area (Å²) in [5, 5.41) is 7.25. The van der Waals surface area contributed by atoms with E-state index in [4.69, 9.17) is 14.2 Å². The van der Waals surface area contributed by atoms with E-state index in [0.29, 0.717) is 29.8 Å². The summed E-state index contributed by atoms with van der Waals surface area (Å²) in [5.74, 6) is -0.556. The van der Waals surface area contributed by atoms with Crippen LogP contribution in [-0.2, 0) is 24.4 Å². The smallest absolute Gasteiger partial charge is 0.475 e. The molecule has 2 atom stereocenters. The fourth-order valence-electron chi connectivity index (χ4n) is 4.42. The number of fused-ring (bicyclic) bond motifs is 5. The Morgan fingerprint density at radius 3 is 2.82 bits per heavy atom. The molecule has 0 radical (unpaired) electrons. The number of halogens is 3. The first-order valence-corrected chi connectivity index (χ1v) is 13.2. The highest BCUT2D eigenvalue weighted by molar-refractivity contribution is 7.88. The molecule has 5 rings (SSSR count). The molecule has 2 aliphatic heterocycles. The predicted molar refractivity (Wildman–Crippen MR) is 130 cm³/mol. The van der Waals surface area contributed by atoms with E-state index in [1.165, 1.54) is 17.8 Å². The van der Waals surface area contributed by atoms with Crippen LogP contribution in [0.25, 0.3) is 16.8 Å². The highest BCUT2D eigenvalue weighted by Gasteiger charge is 2.48. The number of ether oxygens (including phenoxy) is 3. The average Bonchev–Trinajstić information content (AvgIpc) is 3.42. The fourth-order valence-corrected chi connectivity index (χ4v) is 4.87. The van der Waals surface area contributed by atoms with Crippen molar-refractivity contribution < 1.29 is 44.8 Å². The molecule has 2 aromatic heterocycles. The second kappa shape index (κ2) is 10.5. The number of alkyl halides is 3. The highest BCUT2D eigenvalue weighted by atomic mass is 32.2. The number of rotatable bonds is 6. The van der Waals surface area contributed by atoms with Gasteiger partial charge >= 0.3 is 15.6 Å². The van der Waals surface area contributed by atoms with Gasteiger partial charge in [0, 0.05) is 56.2 Å². The van der Waals surface area contributed by atoms with E-state index in [2.05, 4.69) is 19.6 Å². The van der Waals surface area contributed by atoms with Crippen LogP contribution in [0.3, 0.4) is 0 Å². The Labute approximate surface area is 220 Å². The van der Waals surface area contributed by atoms with Gasteiger partial charge in [-0.1, -0.05) is 0 Å². The Balaban J connectivity index is 1.51. The number of amides is 1. The molecule has 1 aromatic carbocycles. The van der Waals surface area contributed by atoms with E-state index >= 15 is 0 Å². The molecule has 4 bridgehead atoms. The van der Waals surface area contributed by atoms with Gasteiger partial charge < -0.3 is 28.6 Å². The van der Waals surface area contributed by atoms with Gasteiger partial charge in [-0.15, -0.1) is 0 Å². The third-order valence-electron chi connectivity index (χ3n) is 6.25. The normalized spacial score (nSPS) is 19.9. The predicted octanol–water partition coefficient (Wildman–Crippen LogP) is 2.06. The summed E-state index contributed by atoms with van der Waals surface area (Å²) in [6.45, 7) is 1.12. The molecule has 16 heteroatoms. The van der Waals surface area contributed by atoms with Crippen LogP contribution in [0.5, 0.6) is 11.6 Å². The minimum absolute atomic E-state index is 0.154. The topological polar surface area (TPSA) is 134 Å². The summed E-state index contributed by atoms with van der Waals surface area (Å²) in [6.07, 6.45) is 2.73. The van der Waals surface area contributed by atoms with E-state index < -0.39 is 27.5 Å². The molecule has 4 heterocycles. The van der Waals surface area contributed by atoms with Crippen LogP contribution in [0.15, 0.2) is 36.7 Å². The van der Waals surface area contributed by atoms with Crippen molar-refractivity contribution in [3.63, 3.8) is 0 Å². The van der Waals surface area contributed by atoms with Crippen LogP contribution in [-0.4, -0.2) is 91.5 Å². The molecule has 12 nitrogen and oxygen atoms in total. The lowest BCUT2D eigenvalue weighted by atomic mass is 10.1. The lowest BCUT2D eigenvalue weighted by molar-refractivity contribution is -0.138. The van der Waals surface area contributed by atoms with Gasteiger partial charge in [0.15, 0.2) is 5.65 Å². The number of carbonyl (C=O) groups excluding carboxylic acids is 1. The summed E-state index contributed by atoms with van der Waals surface area (Å²) in [6, 6.07) is 5.12. The summed E-state index contributed by atoms with van der Waals surface area (Å²) in [7, 11) is -4.39. The second-order valence-corrected chi connectivity index (χ2v) is 10.4. The number of aromatic nitrogens is 3. The van der Waals surface area contributed by atoms with Crippen LogP contribution in [0.2, 0.25) is 0 Å². The summed E-state index contributed by atoms with van der Waals surface area (Å²) in [5.41, 5.74) is -4.34. The molecule has 0 spiro atoms. The van der Waals surface area contributed by atoms with Crippen molar-refractivity contribution in [1.29, 1.82) is 0 Å². The van der Waals surface area contributed by atoms with Gasteiger partial charge in [0.25, 0.3) is 5.91 Å². The fraction of sp³-hybridized carbons (Fsp3) is 0.435. The second-order valence-electron chi connectivity index (χ2n) is 8.83. The molecule has 1 fully saturated rings. The molecule has 210 valence electrons. The minimum Gasteiger partial charge on any atom is -0.475 e. The van der Waals surface area contributed by atoms with Crippen LogP contribution in [0, 0.1) is 0 Å². The number of anilines is 1. The van der Waals surface area contributed by atoms with Crippen molar-refractivity contribution in [2.75, 3.05) is 45.3 Å². The van der Waals surface area contributed by atoms with E-state index in [1.54, 1.807) is 23.2 Å². The van der Waals surface area contributed by atoms with E-state index in [9.17, 15) is 26.4 Å². The van der Waals surface area contributed by atoms with Gasteiger partial charge in [0.2, 0.25) is 5.88 Å². The molecule has 1 N–H and O–H groups in total. The first-order chi connectivity index (χ1) is 18.6. The third kappa shape index (κ3) is 5.58. The Hall–Kier alpha value is -3.63. The zero-order chi connectivity index (χ0) is 27.8. The Morgan fingerprint density at radius 2 is 2.05 bits per heavy atom. The van der Waals surface area contributed by atoms with Gasteiger partial charge in [-0.3, -0.25) is 4.79 Å². The monoisotopic (exact) mass is 571 g/mol. The van der Waals surface area contributed by atoms with E-state index in [1.807, 2.05) is 0 Å². The number of methoxy groups -OCH3 is 1. The molecule has 0 unspecified atom stereocenters. The molecule has 0 aliphatic carbocycles. The van der Waals surface area contributed by atoms with Crippen LogP contribution < -0.4 is 14.2 Å². The highest BCUT2D eigenvalue weighted by Crippen LogP contribution is 2.34. The van der Waals surface area contributed by atoms with Gasteiger partial charge in [-0.2, -0.15) is 31.7 Å². The number of nitrogens with zero attached hydrogens (tertiary/aromatic N) is 4. The lowest BCUT2D eigenvalue weighted by Crippen LogP contribution is -2.41. The number of carbonyl (C=O) groups is 1. The quantitative estimate of drug-likeness (QED) is 0.266. The van der Waals surface area contributed by atoms with Crippen LogP contribution in [0.1, 0.15) is 6.42 Å². The largest absolute Gasteiger partial charge is 0.534 e. The molecule has 39 heavy (non-hydrogen) atoms. The number of benzene rings is 1. The van der Waals surface area contributed by atoms with Gasteiger partial charge in [0.05, 0.1) is 25.5 Å². The molecular weight excluding hydrogens is 547 g/mol. The first-order valence-electron chi connectivity index (χ1n) is 11.8. The number of hydrogen-bond acceptors (Lipinski definition) is 10. The Kier molecular flexibility index (Phi) is 7.26. The SMILES string of the molecule is COCCO[C@@H]1C[C@H]2COc3ccn4ncc(c4n3)-c3cc(cc(OS(=O)(=O)C(F)(F)F)c3)NCCN2C1=O. The minimum atomic E-state index is -5.92. The van der Waals surface area contributed by atoms with Gasteiger partial charge in [0.1, 0.15) is 18.5 Å². The lowest BCUT2D eigenvalue weighted by Gasteiger charge is -2.25. The molecule has 2 aliphatic rings. The van der Waals surface area contributed by atoms with Gasteiger partial charge in [-0.25, -0.2) is 4.52 Å². The van der Waals surface area contributed by atoms with Crippen molar-refractivity contribution in [2.45, 2.75) is 24.1 Å². The number of hydrogen-bond donors (Lipinski definition) is 1. The van der Waals surface area contributed by atoms with Gasteiger partial charge in [-0.05, 0) is 17.7 Å². The molecule has 1 saturated heterocycles. The van der Waals surface area contributed by atoms with E-state index in [0.717, 1.165) is 12.1 Å². The zero-order valence-corrected chi connectivity index (χ0v) is 21.4. The summed E-state index contributed by atoms with van der Waals surface area (Å²) in [4.78, 5) is 19.2. The van der Waals surface area contributed by atoms with Crippen molar-refractivity contribution in [3.8, 4) is 22.8 Å². The van der Waals surface area contributed by atoms with E-state index in [-0.39, 0.29) is 49.8 Å². The Morgan fingerprint density at radius 1 is 1.23 bits per heavy atom. The van der Waals surface area contributed by atoms with Crippen molar-refractivity contribution in [1.82, 2.24) is 19.5 Å². The maximum Gasteiger partial charge on any atom is 0.534 e. The van der Waals surface area contributed by atoms with Crippen molar-refractivity contribution in [2.24, 2.45) is 0 Å². The summed E-state index contributed by atoms with van der Waals surface area (Å²) >= 11 is 0. The maximum absolute atomic E-state index is 13.1. The number of nitrogens with one attached hydrogen (secondary N) is 1. The standard InChI is InChI=1S/C23H24F3N5O7S/c1-35-6-7-36-19-11-16-13-37-20-2-4-31-21(29-20)18(12-28-31)14-8-15(27-3-5-30(16)22(19)32)10-17(9-14)38-39(33,34)23(24,25)26/h2,4,8-10,12,16,19,27H,3,5-7,11,13H2,1H3/t16-,19+/m0/s1. The summed E-state index contributed by atoms with van der Waals surface area (Å²) < 4.78 is 84.9. The van der Waals surface area contributed by atoms with Crippen molar-refractivity contribution in [3.05, 3.63) is 36.7 Å². The van der Waals surface area contributed by atoms with Crippen LogP contribution >= 0.6 is 0 Å². The maximum atomic E-state index is 13.1. The molecular formula is C23H24F3N5O7S.